The fourth-order valence-corrected chi connectivity index (χ4v) is 3.38. The molecule has 0 atom stereocenters. The van der Waals surface area contributed by atoms with Crippen molar-refractivity contribution in [1.29, 1.82) is 0 Å². The van der Waals surface area contributed by atoms with E-state index < -0.39 is 5.97 Å². The van der Waals surface area contributed by atoms with E-state index in [1.807, 2.05) is 48.9 Å². The number of benzene rings is 1. The van der Waals surface area contributed by atoms with Crippen LogP contribution in [0.1, 0.15) is 0 Å². The number of carboxylic acids is 1. The second-order valence-electron chi connectivity index (χ2n) is 6.37. The van der Waals surface area contributed by atoms with Gasteiger partial charge in [-0.05, 0) is 36.4 Å². The molecule has 0 saturated carbocycles. The highest BCUT2D eigenvalue weighted by Gasteiger charge is 2.19. The Kier molecular flexibility index (Phi) is 4.74. The highest BCUT2D eigenvalue weighted by molar-refractivity contribution is 5.92. The predicted molar refractivity (Wildman–Crippen MR) is 104 cm³/mol. The molecule has 1 aliphatic rings. The van der Waals surface area contributed by atoms with Crippen LogP contribution >= 0.6 is 0 Å². The predicted octanol–water partition coefficient (Wildman–Crippen LogP) is 2.42. The molecule has 138 valence electrons. The molecule has 7 nitrogen and oxygen atoms in total. The number of carboxylic acid groups (broad SMARTS) is 1. The van der Waals surface area contributed by atoms with Gasteiger partial charge in [0.1, 0.15) is 5.75 Å². The standard InChI is InChI=1S/C20H20N4O3/c25-20(26)14-27-16-1-2-18-17(13-16)19(5-8-22-18)24-11-9-23(10-12-24)15-3-6-21-7-4-15/h1-8,13H,9-12,14H2,(H,25,26). The van der Waals surface area contributed by atoms with Gasteiger partial charge >= 0.3 is 5.97 Å². The Morgan fingerprint density at radius 1 is 1.00 bits per heavy atom. The summed E-state index contributed by atoms with van der Waals surface area (Å²) in [6.07, 6.45) is 5.44. The molecular weight excluding hydrogens is 344 g/mol. The monoisotopic (exact) mass is 364 g/mol. The van der Waals surface area contributed by atoms with Crippen molar-refractivity contribution in [3.05, 3.63) is 55.0 Å². The second kappa shape index (κ2) is 7.49. The first-order chi connectivity index (χ1) is 13.2. The number of nitrogens with zero attached hydrogens (tertiary/aromatic N) is 4. The summed E-state index contributed by atoms with van der Waals surface area (Å²) < 4.78 is 5.33. The van der Waals surface area contributed by atoms with Gasteiger partial charge in [-0.15, -0.1) is 0 Å². The second-order valence-corrected chi connectivity index (χ2v) is 6.37. The molecule has 0 bridgehead atoms. The molecule has 2 aromatic heterocycles. The van der Waals surface area contributed by atoms with Crippen molar-refractivity contribution in [2.45, 2.75) is 0 Å². The summed E-state index contributed by atoms with van der Waals surface area (Å²) in [4.78, 5) is 23.9. The number of fused-ring (bicyclic) bond motifs is 1. The molecule has 1 aliphatic heterocycles. The van der Waals surface area contributed by atoms with Gasteiger partial charge in [-0.1, -0.05) is 0 Å². The summed E-state index contributed by atoms with van der Waals surface area (Å²) in [5.41, 5.74) is 3.15. The molecule has 1 aromatic carbocycles. The summed E-state index contributed by atoms with van der Waals surface area (Å²) in [5.74, 6) is -0.455. The normalized spacial score (nSPS) is 14.4. The van der Waals surface area contributed by atoms with Gasteiger partial charge in [0.05, 0.1) is 5.52 Å². The summed E-state index contributed by atoms with van der Waals surface area (Å²) >= 11 is 0. The largest absolute Gasteiger partial charge is 0.482 e. The van der Waals surface area contributed by atoms with Crippen LogP contribution in [0, 0.1) is 0 Å². The van der Waals surface area contributed by atoms with Crippen LogP contribution < -0.4 is 14.5 Å². The molecule has 0 unspecified atom stereocenters. The molecule has 1 N–H and O–H groups in total. The topological polar surface area (TPSA) is 78.8 Å². The molecule has 4 rings (SSSR count). The Labute approximate surface area is 156 Å². The van der Waals surface area contributed by atoms with E-state index >= 15 is 0 Å². The number of aliphatic carboxylic acids is 1. The van der Waals surface area contributed by atoms with Crippen LogP contribution in [0.3, 0.4) is 0 Å². The van der Waals surface area contributed by atoms with Crippen LogP contribution in [-0.2, 0) is 4.79 Å². The molecule has 3 aromatic rings. The lowest BCUT2D eigenvalue weighted by molar-refractivity contribution is -0.139. The third-order valence-electron chi connectivity index (χ3n) is 4.70. The lowest BCUT2D eigenvalue weighted by atomic mass is 10.1. The Bertz CT molecular complexity index is 940. The van der Waals surface area contributed by atoms with Gasteiger partial charge in [0.2, 0.25) is 0 Å². The van der Waals surface area contributed by atoms with Gasteiger partial charge < -0.3 is 19.6 Å². The first-order valence-electron chi connectivity index (χ1n) is 8.84. The molecule has 0 spiro atoms. The van der Waals surface area contributed by atoms with Gasteiger partial charge in [0.15, 0.2) is 6.61 Å². The number of anilines is 2. The van der Waals surface area contributed by atoms with Crippen molar-refractivity contribution in [2.24, 2.45) is 0 Å². The lowest BCUT2D eigenvalue weighted by Gasteiger charge is -2.37. The van der Waals surface area contributed by atoms with Crippen LogP contribution in [-0.4, -0.2) is 53.8 Å². The van der Waals surface area contributed by atoms with E-state index in [2.05, 4.69) is 19.8 Å². The third-order valence-corrected chi connectivity index (χ3v) is 4.70. The summed E-state index contributed by atoms with van der Waals surface area (Å²) in [6, 6.07) is 11.6. The van der Waals surface area contributed by atoms with Crippen LogP contribution in [0.15, 0.2) is 55.0 Å². The number of hydrogen-bond acceptors (Lipinski definition) is 6. The van der Waals surface area contributed by atoms with Crippen LogP contribution in [0.5, 0.6) is 5.75 Å². The Hall–Kier alpha value is -3.35. The number of aromatic nitrogens is 2. The number of rotatable bonds is 5. The fourth-order valence-electron chi connectivity index (χ4n) is 3.38. The fraction of sp³-hybridized carbons (Fsp3) is 0.250. The SMILES string of the molecule is O=C(O)COc1ccc2nccc(N3CCN(c4ccncc4)CC3)c2c1. The average molecular weight is 364 g/mol. The Morgan fingerprint density at radius 2 is 1.74 bits per heavy atom. The molecule has 0 radical (unpaired) electrons. The van der Waals surface area contributed by atoms with Crippen molar-refractivity contribution >= 4 is 28.2 Å². The zero-order valence-corrected chi connectivity index (χ0v) is 14.8. The van der Waals surface area contributed by atoms with Crippen molar-refractivity contribution in [1.82, 2.24) is 9.97 Å². The van der Waals surface area contributed by atoms with E-state index in [-0.39, 0.29) is 6.61 Å². The maximum atomic E-state index is 10.7. The summed E-state index contributed by atoms with van der Waals surface area (Å²) in [7, 11) is 0. The third kappa shape index (κ3) is 3.76. The molecule has 0 aliphatic carbocycles. The van der Waals surface area contributed by atoms with Gasteiger partial charge in [-0.3, -0.25) is 9.97 Å². The Morgan fingerprint density at radius 3 is 2.48 bits per heavy atom. The molecule has 0 amide bonds. The maximum absolute atomic E-state index is 10.7. The van der Waals surface area contributed by atoms with Crippen molar-refractivity contribution in [2.75, 3.05) is 42.6 Å². The summed E-state index contributed by atoms with van der Waals surface area (Å²) in [6.45, 7) is 3.26. The minimum absolute atomic E-state index is 0.355. The smallest absolute Gasteiger partial charge is 0.341 e. The van der Waals surface area contributed by atoms with Gasteiger partial charge in [-0.25, -0.2) is 4.79 Å². The first kappa shape index (κ1) is 17.1. The zero-order chi connectivity index (χ0) is 18.6. The van der Waals surface area contributed by atoms with Crippen molar-refractivity contribution < 1.29 is 14.6 Å². The summed E-state index contributed by atoms with van der Waals surface area (Å²) in [5, 5.41) is 9.78. The number of carbonyl (C=O) groups is 1. The number of pyridine rings is 2. The van der Waals surface area contributed by atoms with Crippen molar-refractivity contribution in [3.8, 4) is 5.75 Å². The number of piperazine rings is 1. The molecule has 1 saturated heterocycles. The lowest BCUT2D eigenvalue weighted by Crippen LogP contribution is -2.46. The minimum Gasteiger partial charge on any atom is -0.482 e. The van der Waals surface area contributed by atoms with E-state index in [1.165, 1.54) is 5.69 Å². The molecule has 27 heavy (non-hydrogen) atoms. The average Bonchev–Trinajstić information content (AvgIpc) is 2.72. The van der Waals surface area contributed by atoms with E-state index in [0.717, 1.165) is 42.8 Å². The van der Waals surface area contributed by atoms with E-state index in [0.29, 0.717) is 5.75 Å². The molecular formula is C20H20N4O3. The number of ether oxygens (including phenoxy) is 1. The van der Waals surface area contributed by atoms with Gasteiger partial charge in [-0.2, -0.15) is 0 Å². The quantitative estimate of drug-likeness (QED) is 0.745. The zero-order valence-electron chi connectivity index (χ0n) is 14.8. The molecule has 3 heterocycles. The first-order valence-corrected chi connectivity index (χ1v) is 8.84. The van der Waals surface area contributed by atoms with E-state index in [4.69, 9.17) is 9.84 Å². The van der Waals surface area contributed by atoms with Crippen molar-refractivity contribution in [3.63, 3.8) is 0 Å². The molecule has 1 fully saturated rings. The highest BCUT2D eigenvalue weighted by atomic mass is 16.5. The molecule has 7 heteroatoms. The number of hydrogen-bond donors (Lipinski definition) is 1. The Balaban J connectivity index is 1.54. The van der Waals surface area contributed by atoms with Crippen LogP contribution in [0.4, 0.5) is 11.4 Å². The maximum Gasteiger partial charge on any atom is 0.341 e. The van der Waals surface area contributed by atoms with E-state index in [1.54, 1.807) is 6.07 Å². The van der Waals surface area contributed by atoms with E-state index in [9.17, 15) is 4.79 Å². The van der Waals surface area contributed by atoms with Crippen LogP contribution in [0.25, 0.3) is 10.9 Å². The minimum atomic E-state index is -0.992. The highest BCUT2D eigenvalue weighted by Crippen LogP contribution is 2.30. The van der Waals surface area contributed by atoms with Gasteiger partial charge in [0, 0.05) is 61.5 Å². The van der Waals surface area contributed by atoms with Crippen LogP contribution in [0.2, 0.25) is 0 Å². The van der Waals surface area contributed by atoms with Gasteiger partial charge in [0.25, 0.3) is 0 Å².